The zero-order valence-electron chi connectivity index (χ0n) is 9.92. The molecule has 1 amide bonds. The molecule has 1 saturated heterocycles. The summed E-state index contributed by atoms with van der Waals surface area (Å²) < 4.78 is 1.93. The molecular formula is C13H15BrINOS. The molecule has 0 bridgehead atoms. The standard InChI is InChI=1S/C13H15BrINOS/c14-9-4-5-12(15)11(7-9)13(17)16-8-10-3-1-2-6-18-10/h4-5,7,10H,1-3,6,8H2,(H,16,17). The van der Waals surface area contributed by atoms with E-state index in [9.17, 15) is 4.79 Å². The van der Waals surface area contributed by atoms with Crippen LogP contribution in [0.4, 0.5) is 0 Å². The van der Waals surface area contributed by atoms with E-state index >= 15 is 0 Å². The summed E-state index contributed by atoms with van der Waals surface area (Å²) in [5.74, 6) is 1.27. The van der Waals surface area contributed by atoms with Crippen molar-refractivity contribution in [2.75, 3.05) is 12.3 Å². The summed E-state index contributed by atoms with van der Waals surface area (Å²) in [5, 5.41) is 3.64. The van der Waals surface area contributed by atoms with Gasteiger partial charge in [0.1, 0.15) is 0 Å². The Morgan fingerprint density at radius 3 is 3.06 bits per heavy atom. The average molecular weight is 440 g/mol. The second-order valence-electron chi connectivity index (χ2n) is 4.32. The van der Waals surface area contributed by atoms with Crippen LogP contribution in [0.15, 0.2) is 22.7 Å². The van der Waals surface area contributed by atoms with E-state index in [-0.39, 0.29) is 5.91 Å². The summed E-state index contributed by atoms with van der Waals surface area (Å²) in [7, 11) is 0. The van der Waals surface area contributed by atoms with Gasteiger partial charge in [0, 0.05) is 19.8 Å². The zero-order chi connectivity index (χ0) is 13.0. The van der Waals surface area contributed by atoms with Gasteiger partial charge in [-0.05, 0) is 59.4 Å². The average Bonchev–Trinajstić information content (AvgIpc) is 2.40. The normalized spacial score (nSPS) is 19.6. The maximum Gasteiger partial charge on any atom is 0.252 e. The highest BCUT2D eigenvalue weighted by molar-refractivity contribution is 14.1. The predicted octanol–water partition coefficient (Wildman–Crippen LogP) is 4.07. The molecule has 0 aromatic heterocycles. The Bertz CT molecular complexity index is 435. The van der Waals surface area contributed by atoms with Crippen molar-refractivity contribution in [3.05, 3.63) is 31.8 Å². The number of hydrogen-bond donors (Lipinski definition) is 1. The number of nitrogens with one attached hydrogen (secondary N) is 1. The summed E-state index contributed by atoms with van der Waals surface area (Å²) >= 11 is 7.59. The van der Waals surface area contributed by atoms with Gasteiger partial charge in [0.2, 0.25) is 0 Å². The van der Waals surface area contributed by atoms with Crippen LogP contribution >= 0.6 is 50.3 Å². The first-order chi connectivity index (χ1) is 8.66. The Balaban J connectivity index is 1.92. The van der Waals surface area contributed by atoms with Crippen molar-refractivity contribution in [3.63, 3.8) is 0 Å². The number of halogens is 2. The summed E-state index contributed by atoms with van der Waals surface area (Å²) in [5.41, 5.74) is 0.755. The van der Waals surface area contributed by atoms with Gasteiger partial charge < -0.3 is 5.32 Å². The third-order valence-corrected chi connectivity index (χ3v) is 5.77. The van der Waals surface area contributed by atoms with Crippen molar-refractivity contribution in [2.24, 2.45) is 0 Å². The molecule has 0 spiro atoms. The fourth-order valence-electron chi connectivity index (χ4n) is 1.94. The number of carbonyl (C=O) groups is 1. The molecule has 98 valence electrons. The summed E-state index contributed by atoms with van der Waals surface area (Å²) in [6, 6.07) is 5.79. The minimum Gasteiger partial charge on any atom is -0.351 e. The minimum atomic E-state index is 0.0341. The quantitative estimate of drug-likeness (QED) is 0.719. The molecule has 0 saturated carbocycles. The van der Waals surface area contributed by atoms with Crippen LogP contribution in [-0.4, -0.2) is 23.5 Å². The van der Waals surface area contributed by atoms with Gasteiger partial charge in [-0.25, -0.2) is 0 Å². The van der Waals surface area contributed by atoms with E-state index in [0.29, 0.717) is 5.25 Å². The van der Waals surface area contributed by atoms with Crippen molar-refractivity contribution in [1.29, 1.82) is 0 Å². The molecule has 1 aliphatic heterocycles. The molecule has 1 N–H and O–H groups in total. The van der Waals surface area contributed by atoms with Crippen LogP contribution in [0.25, 0.3) is 0 Å². The highest BCUT2D eigenvalue weighted by atomic mass is 127. The van der Waals surface area contributed by atoms with Crippen LogP contribution < -0.4 is 5.32 Å². The SMILES string of the molecule is O=C(NCC1CCCCS1)c1cc(Br)ccc1I. The lowest BCUT2D eigenvalue weighted by molar-refractivity contribution is 0.0952. The lowest BCUT2D eigenvalue weighted by Crippen LogP contribution is -2.32. The first-order valence-electron chi connectivity index (χ1n) is 6.01. The zero-order valence-corrected chi connectivity index (χ0v) is 14.5. The molecule has 0 aliphatic carbocycles. The molecule has 1 heterocycles. The molecule has 5 heteroatoms. The Labute approximate surface area is 134 Å². The summed E-state index contributed by atoms with van der Waals surface area (Å²) in [6.45, 7) is 0.784. The molecule has 1 fully saturated rings. The Morgan fingerprint density at radius 2 is 2.33 bits per heavy atom. The molecule has 1 aliphatic rings. The van der Waals surface area contributed by atoms with E-state index in [4.69, 9.17) is 0 Å². The van der Waals surface area contributed by atoms with E-state index in [1.165, 1.54) is 25.0 Å². The van der Waals surface area contributed by atoms with E-state index < -0.39 is 0 Å². The van der Waals surface area contributed by atoms with Crippen molar-refractivity contribution in [1.82, 2.24) is 5.32 Å². The van der Waals surface area contributed by atoms with Crippen molar-refractivity contribution >= 4 is 56.2 Å². The smallest absolute Gasteiger partial charge is 0.252 e. The first-order valence-corrected chi connectivity index (χ1v) is 8.94. The molecule has 1 aromatic rings. The number of rotatable bonds is 3. The fourth-order valence-corrected chi connectivity index (χ4v) is 4.12. The van der Waals surface area contributed by atoms with E-state index in [1.54, 1.807) is 0 Å². The third-order valence-electron chi connectivity index (χ3n) is 2.94. The molecule has 1 aromatic carbocycles. The lowest BCUT2D eigenvalue weighted by atomic mass is 10.1. The molecule has 2 rings (SSSR count). The number of thioether (sulfide) groups is 1. The van der Waals surface area contributed by atoms with Crippen LogP contribution in [0.2, 0.25) is 0 Å². The van der Waals surface area contributed by atoms with E-state index in [2.05, 4.69) is 43.8 Å². The summed E-state index contributed by atoms with van der Waals surface area (Å²) in [4.78, 5) is 12.1. The maximum absolute atomic E-state index is 12.1. The number of benzene rings is 1. The largest absolute Gasteiger partial charge is 0.351 e. The number of carbonyl (C=O) groups excluding carboxylic acids is 1. The topological polar surface area (TPSA) is 29.1 Å². The number of amides is 1. The Morgan fingerprint density at radius 1 is 1.50 bits per heavy atom. The first kappa shape index (κ1) is 14.7. The molecule has 1 unspecified atom stereocenters. The van der Waals surface area contributed by atoms with Crippen molar-refractivity contribution in [2.45, 2.75) is 24.5 Å². The van der Waals surface area contributed by atoms with Gasteiger partial charge >= 0.3 is 0 Å². The van der Waals surface area contributed by atoms with Gasteiger partial charge in [0.05, 0.1) is 5.56 Å². The Hall–Kier alpha value is 0.250. The van der Waals surface area contributed by atoms with Crippen LogP contribution in [0.1, 0.15) is 29.6 Å². The van der Waals surface area contributed by atoms with Crippen LogP contribution in [0, 0.1) is 3.57 Å². The Kier molecular flexibility index (Phi) is 5.82. The predicted molar refractivity (Wildman–Crippen MR) is 89.3 cm³/mol. The van der Waals surface area contributed by atoms with Crippen LogP contribution in [-0.2, 0) is 0 Å². The van der Waals surface area contributed by atoms with Crippen molar-refractivity contribution < 1.29 is 4.79 Å². The highest BCUT2D eigenvalue weighted by Crippen LogP contribution is 2.24. The molecule has 1 atom stereocenters. The summed E-state index contributed by atoms with van der Waals surface area (Å²) in [6.07, 6.45) is 3.83. The number of hydrogen-bond acceptors (Lipinski definition) is 2. The van der Waals surface area contributed by atoms with Gasteiger partial charge in [-0.1, -0.05) is 22.4 Å². The van der Waals surface area contributed by atoms with Gasteiger partial charge in [0.15, 0.2) is 0 Å². The van der Waals surface area contributed by atoms with E-state index in [0.717, 1.165) is 20.2 Å². The van der Waals surface area contributed by atoms with Gasteiger partial charge in [-0.2, -0.15) is 11.8 Å². The molecule has 0 radical (unpaired) electrons. The van der Waals surface area contributed by atoms with Crippen molar-refractivity contribution in [3.8, 4) is 0 Å². The minimum absolute atomic E-state index is 0.0341. The molecule has 18 heavy (non-hydrogen) atoms. The van der Waals surface area contributed by atoms with Gasteiger partial charge in [0.25, 0.3) is 5.91 Å². The highest BCUT2D eigenvalue weighted by Gasteiger charge is 2.16. The van der Waals surface area contributed by atoms with Gasteiger partial charge in [-0.15, -0.1) is 0 Å². The molecular weight excluding hydrogens is 425 g/mol. The second-order valence-corrected chi connectivity index (χ2v) is 7.81. The van der Waals surface area contributed by atoms with Crippen LogP contribution in [0.5, 0.6) is 0 Å². The molecule has 2 nitrogen and oxygen atoms in total. The monoisotopic (exact) mass is 439 g/mol. The third kappa shape index (κ3) is 4.13. The second kappa shape index (κ2) is 7.14. The van der Waals surface area contributed by atoms with Gasteiger partial charge in [-0.3, -0.25) is 4.79 Å². The van der Waals surface area contributed by atoms with E-state index in [1.807, 2.05) is 30.0 Å². The van der Waals surface area contributed by atoms with Crippen LogP contribution in [0.3, 0.4) is 0 Å². The lowest BCUT2D eigenvalue weighted by Gasteiger charge is -2.21. The fraction of sp³-hybridized carbons (Fsp3) is 0.462. The maximum atomic E-state index is 12.1.